The summed E-state index contributed by atoms with van der Waals surface area (Å²) in [7, 11) is 1.76. The van der Waals surface area contributed by atoms with Gasteiger partial charge >= 0.3 is 0 Å². The van der Waals surface area contributed by atoms with Gasteiger partial charge < -0.3 is 19.6 Å². The third-order valence-corrected chi connectivity index (χ3v) is 3.21. The third kappa shape index (κ3) is 1.80. The predicted octanol–water partition coefficient (Wildman–Crippen LogP) is 1.45. The van der Waals surface area contributed by atoms with Crippen LogP contribution in [0.25, 0.3) is 23.0 Å². The fourth-order valence-corrected chi connectivity index (χ4v) is 2.18. The normalized spacial score (nSPS) is 12.8. The van der Waals surface area contributed by atoms with Crippen LogP contribution in [0.2, 0.25) is 0 Å². The smallest absolute Gasteiger partial charge is 0.268 e. The number of aryl methyl sites for hydroxylation is 1. The molecule has 8 nitrogen and oxygen atoms in total. The van der Waals surface area contributed by atoms with Crippen molar-refractivity contribution in [2.45, 2.75) is 0 Å². The van der Waals surface area contributed by atoms with Gasteiger partial charge in [0.15, 0.2) is 11.5 Å². The van der Waals surface area contributed by atoms with E-state index in [1.54, 1.807) is 30.1 Å². The summed E-state index contributed by atoms with van der Waals surface area (Å²) < 4.78 is 17.9. The molecular weight excluding hydrogens is 274 g/mol. The highest BCUT2D eigenvalue weighted by Crippen LogP contribution is 2.36. The highest BCUT2D eigenvalue weighted by molar-refractivity contribution is 5.67. The van der Waals surface area contributed by atoms with E-state index in [0.29, 0.717) is 34.7 Å². The zero-order valence-corrected chi connectivity index (χ0v) is 11.1. The van der Waals surface area contributed by atoms with Crippen LogP contribution in [0.4, 0.5) is 5.69 Å². The Labute approximate surface area is 119 Å². The highest BCUT2D eigenvalue weighted by atomic mass is 16.7. The first-order valence-corrected chi connectivity index (χ1v) is 6.24. The van der Waals surface area contributed by atoms with Crippen LogP contribution < -0.4 is 15.2 Å². The van der Waals surface area contributed by atoms with E-state index in [-0.39, 0.29) is 6.79 Å². The number of hydrogen-bond donors (Lipinski definition) is 1. The molecule has 0 spiro atoms. The minimum Gasteiger partial charge on any atom is -0.454 e. The molecule has 0 atom stereocenters. The Kier molecular flexibility index (Phi) is 2.37. The van der Waals surface area contributed by atoms with Crippen molar-refractivity contribution in [1.82, 2.24) is 20.0 Å². The Morgan fingerprint density at radius 2 is 1.95 bits per heavy atom. The maximum atomic E-state index is 5.85. The van der Waals surface area contributed by atoms with Crippen LogP contribution in [0.15, 0.2) is 28.8 Å². The lowest BCUT2D eigenvalue weighted by molar-refractivity contribution is 0.174. The van der Waals surface area contributed by atoms with E-state index in [0.717, 1.165) is 5.56 Å². The molecule has 4 rings (SSSR count). The van der Waals surface area contributed by atoms with Crippen molar-refractivity contribution in [1.29, 1.82) is 0 Å². The number of fused-ring (bicyclic) bond motifs is 1. The summed E-state index contributed by atoms with van der Waals surface area (Å²) >= 11 is 0. The highest BCUT2D eigenvalue weighted by Gasteiger charge is 2.19. The summed E-state index contributed by atoms with van der Waals surface area (Å²) in [4.78, 5) is 0. The van der Waals surface area contributed by atoms with Crippen LogP contribution >= 0.6 is 0 Å². The number of ether oxygens (including phenoxy) is 2. The van der Waals surface area contributed by atoms with Gasteiger partial charge in [0.05, 0.1) is 11.9 Å². The van der Waals surface area contributed by atoms with E-state index < -0.39 is 0 Å². The van der Waals surface area contributed by atoms with Crippen LogP contribution in [-0.4, -0.2) is 26.8 Å². The molecule has 3 aromatic rings. The Hall–Kier alpha value is -3.03. The lowest BCUT2D eigenvalue weighted by atomic mass is 10.2. The van der Waals surface area contributed by atoms with Crippen molar-refractivity contribution in [3.05, 3.63) is 24.4 Å². The van der Waals surface area contributed by atoms with Crippen molar-refractivity contribution < 1.29 is 13.9 Å². The average Bonchev–Trinajstić information content (AvgIpc) is 3.18. The van der Waals surface area contributed by atoms with Gasteiger partial charge in [0, 0.05) is 12.6 Å². The molecule has 21 heavy (non-hydrogen) atoms. The van der Waals surface area contributed by atoms with Gasteiger partial charge in [-0.1, -0.05) is 0 Å². The number of nitrogen functional groups attached to an aromatic ring is 1. The Balaban J connectivity index is 1.75. The van der Waals surface area contributed by atoms with Crippen LogP contribution in [-0.2, 0) is 7.05 Å². The minimum absolute atomic E-state index is 0.222. The first kappa shape index (κ1) is 11.8. The first-order chi connectivity index (χ1) is 10.2. The Morgan fingerprint density at radius 1 is 1.14 bits per heavy atom. The Morgan fingerprint density at radius 3 is 2.76 bits per heavy atom. The lowest BCUT2D eigenvalue weighted by Crippen LogP contribution is -1.95. The third-order valence-electron chi connectivity index (χ3n) is 3.21. The number of aromatic nitrogens is 4. The predicted molar refractivity (Wildman–Crippen MR) is 72.5 cm³/mol. The molecule has 0 fully saturated rings. The lowest BCUT2D eigenvalue weighted by Gasteiger charge is -1.99. The summed E-state index contributed by atoms with van der Waals surface area (Å²) in [5.41, 5.74) is 7.67. The van der Waals surface area contributed by atoms with E-state index in [4.69, 9.17) is 19.6 Å². The molecule has 0 saturated heterocycles. The van der Waals surface area contributed by atoms with E-state index >= 15 is 0 Å². The maximum Gasteiger partial charge on any atom is 0.268 e. The number of rotatable bonds is 2. The van der Waals surface area contributed by atoms with Gasteiger partial charge in [0.25, 0.3) is 5.89 Å². The number of nitrogens with zero attached hydrogens (tertiary/aromatic N) is 4. The first-order valence-electron chi connectivity index (χ1n) is 6.24. The molecule has 1 aliphatic rings. The van der Waals surface area contributed by atoms with Crippen molar-refractivity contribution in [2.24, 2.45) is 7.05 Å². The maximum absolute atomic E-state index is 5.85. The summed E-state index contributed by atoms with van der Waals surface area (Å²) in [6.45, 7) is 0.222. The van der Waals surface area contributed by atoms with Crippen molar-refractivity contribution >= 4 is 5.69 Å². The van der Waals surface area contributed by atoms with Gasteiger partial charge in [0.1, 0.15) is 5.69 Å². The second-order valence-corrected chi connectivity index (χ2v) is 4.55. The van der Waals surface area contributed by atoms with Gasteiger partial charge in [-0.3, -0.25) is 4.68 Å². The molecule has 0 unspecified atom stereocenters. The van der Waals surface area contributed by atoms with Gasteiger partial charge in [-0.15, -0.1) is 10.2 Å². The van der Waals surface area contributed by atoms with Crippen LogP contribution in [0.3, 0.4) is 0 Å². The molecule has 0 amide bonds. The molecule has 8 heteroatoms. The summed E-state index contributed by atoms with van der Waals surface area (Å²) in [5.74, 6) is 2.06. The largest absolute Gasteiger partial charge is 0.454 e. The number of anilines is 1. The molecule has 1 aliphatic heterocycles. The molecule has 1 aromatic carbocycles. The van der Waals surface area contributed by atoms with Crippen molar-refractivity contribution in [2.75, 3.05) is 12.5 Å². The standard InChI is InChI=1S/C13H11N5O3/c1-18-11(8(14)5-15-18)13-17-16-12(21-13)7-2-3-9-10(4-7)20-6-19-9/h2-5H,6,14H2,1H3. The van der Waals surface area contributed by atoms with E-state index in [1.165, 1.54) is 0 Å². The van der Waals surface area contributed by atoms with E-state index in [2.05, 4.69) is 15.3 Å². The fraction of sp³-hybridized carbons (Fsp3) is 0.154. The molecule has 106 valence electrons. The van der Waals surface area contributed by atoms with Crippen molar-refractivity contribution in [3.63, 3.8) is 0 Å². The molecule has 3 heterocycles. The number of nitrogens with two attached hydrogens (primary N) is 1. The van der Waals surface area contributed by atoms with Gasteiger partial charge in [-0.05, 0) is 18.2 Å². The monoisotopic (exact) mass is 285 g/mol. The number of benzene rings is 1. The molecule has 0 bridgehead atoms. The molecule has 0 aliphatic carbocycles. The second-order valence-electron chi connectivity index (χ2n) is 4.55. The fourth-order valence-electron chi connectivity index (χ4n) is 2.18. The molecule has 0 radical (unpaired) electrons. The topological polar surface area (TPSA) is 101 Å². The molecule has 2 N–H and O–H groups in total. The van der Waals surface area contributed by atoms with Gasteiger partial charge in [-0.2, -0.15) is 5.10 Å². The summed E-state index contributed by atoms with van der Waals surface area (Å²) in [6.07, 6.45) is 1.54. The minimum atomic E-state index is 0.222. The van der Waals surface area contributed by atoms with E-state index in [9.17, 15) is 0 Å². The zero-order valence-electron chi connectivity index (χ0n) is 11.1. The van der Waals surface area contributed by atoms with Crippen LogP contribution in [0.5, 0.6) is 11.5 Å². The second kappa shape index (κ2) is 4.23. The molecule has 0 saturated carbocycles. The van der Waals surface area contributed by atoms with Crippen LogP contribution in [0, 0.1) is 0 Å². The SMILES string of the molecule is Cn1ncc(N)c1-c1nnc(-c2ccc3c(c2)OCO3)o1. The van der Waals surface area contributed by atoms with Crippen molar-refractivity contribution in [3.8, 4) is 34.5 Å². The van der Waals surface area contributed by atoms with Gasteiger partial charge in [-0.25, -0.2) is 0 Å². The zero-order chi connectivity index (χ0) is 14.4. The number of hydrogen-bond acceptors (Lipinski definition) is 7. The Bertz CT molecular complexity index is 804. The molecule has 2 aromatic heterocycles. The quantitative estimate of drug-likeness (QED) is 0.760. The summed E-state index contributed by atoms with van der Waals surface area (Å²) in [5, 5.41) is 12.1. The summed E-state index contributed by atoms with van der Waals surface area (Å²) in [6, 6.07) is 5.43. The van der Waals surface area contributed by atoms with E-state index in [1.807, 2.05) is 6.07 Å². The molecular formula is C13H11N5O3. The average molecular weight is 285 g/mol. The van der Waals surface area contributed by atoms with Crippen LogP contribution in [0.1, 0.15) is 0 Å². The van der Waals surface area contributed by atoms with Gasteiger partial charge in [0.2, 0.25) is 12.7 Å².